The van der Waals surface area contributed by atoms with Crippen molar-refractivity contribution < 1.29 is 63.9 Å². The van der Waals surface area contributed by atoms with Crippen molar-refractivity contribution in [3.63, 3.8) is 0 Å². The second-order valence-electron chi connectivity index (χ2n) is 10.6. The Morgan fingerprint density at radius 1 is 0.977 bits per heavy atom. The molecule has 0 radical (unpaired) electrons. The monoisotopic (exact) mass is 614 g/mol. The van der Waals surface area contributed by atoms with Gasteiger partial charge >= 0.3 is 5.97 Å². The van der Waals surface area contributed by atoms with E-state index in [0.717, 1.165) is 5.56 Å². The summed E-state index contributed by atoms with van der Waals surface area (Å²) < 4.78 is 33.9. The predicted molar refractivity (Wildman–Crippen MR) is 151 cm³/mol. The number of aryl methyl sites for hydroxylation is 1. The number of hydrogen-bond donors (Lipinski definition) is 6. The largest absolute Gasteiger partial charge is 0.508 e. The average Bonchev–Trinajstić information content (AvgIpc) is 3.30. The molecule has 0 aliphatic carbocycles. The molecule has 2 aliphatic heterocycles. The minimum atomic E-state index is -1.93. The summed E-state index contributed by atoms with van der Waals surface area (Å²) in [6.45, 7) is -1.16. The molecule has 0 bridgehead atoms. The lowest BCUT2D eigenvalue weighted by Crippen LogP contribution is -2.48. The van der Waals surface area contributed by atoms with E-state index >= 15 is 0 Å². The maximum atomic E-state index is 13.1. The molecule has 3 aromatic carbocycles. The van der Waals surface area contributed by atoms with Crippen LogP contribution in [0, 0.1) is 0 Å². The van der Waals surface area contributed by atoms with E-state index in [1.165, 1.54) is 44.6 Å². The predicted octanol–water partition coefficient (Wildman–Crippen LogP) is 1.86. The highest BCUT2D eigenvalue weighted by molar-refractivity contribution is 5.70. The minimum Gasteiger partial charge on any atom is -0.508 e. The van der Waals surface area contributed by atoms with Gasteiger partial charge in [0.05, 0.1) is 27.4 Å². The van der Waals surface area contributed by atoms with Crippen molar-refractivity contribution in [2.24, 2.45) is 0 Å². The van der Waals surface area contributed by atoms with Gasteiger partial charge in [0.2, 0.25) is 6.29 Å². The number of aromatic hydroxyl groups is 3. The fraction of sp³-hybridized carbons (Fsp3) is 0.387. The van der Waals surface area contributed by atoms with Crippen molar-refractivity contribution in [2.75, 3.05) is 27.4 Å². The quantitative estimate of drug-likeness (QED) is 0.143. The maximum Gasteiger partial charge on any atom is 0.306 e. The van der Waals surface area contributed by atoms with Gasteiger partial charge in [-0.15, -0.1) is 0 Å². The van der Waals surface area contributed by atoms with Crippen LogP contribution in [0.25, 0.3) is 0 Å². The SMILES string of the molecule is COc1ccc(CCC(=O)O[C@H]2Cc3c(OC4OCC(O)(CO)C4O)cc(O)cc3O[C@@H]2c2ccc(O)c(O)c2)cc1OC. The van der Waals surface area contributed by atoms with Gasteiger partial charge in [0.15, 0.2) is 29.1 Å². The summed E-state index contributed by atoms with van der Waals surface area (Å²) in [6, 6.07) is 12.0. The molecule has 1 saturated heterocycles. The van der Waals surface area contributed by atoms with Crippen LogP contribution in [0.15, 0.2) is 48.5 Å². The molecule has 44 heavy (non-hydrogen) atoms. The first-order chi connectivity index (χ1) is 21.0. The normalized spacial score (nSPS) is 24.2. The van der Waals surface area contributed by atoms with E-state index in [4.69, 9.17) is 28.4 Å². The maximum absolute atomic E-state index is 13.1. The van der Waals surface area contributed by atoms with Crippen molar-refractivity contribution >= 4 is 5.97 Å². The molecule has 3 unspecified atom stereocenters. The number of carbonyl (C=O) groups excluding carboxylic acids is 1. The van der Waals surface area contributed by atoms with Gasteiger partial charge in [-0.1, -0.05) is 12.1 Å². The molecule has 236 valence electrons. The van der Waals surface area contributed by atoms with Crippen LogP contribution >= 0.6 is 0 Å². The van der Waals surface area contributed by atoms with E-state index in [9.17, 15) is 35.4 Å². The fourth-order valence-electron chi connectivity index (χ4n) is 5.17. The fourth-order valence-corrected chi connectivity index (χ4v) is 5.17. The number of hydrogen-bond acceptors (Lipinski definition) is 13. The highest BCUT2D eigenvalue weighted by Crippen LogP contribution is 2.45. The number of esters is 1. The molecule has 0 spiro atoms. The lowest BCUT2D eigenvalue weighted by atomic mass is 9.93. The number of ether oxygens (including phenoxy) is 6. The van der Waals surface area contributed by atoms with Crippen molar-refractivity contribution in [1.29, 1.82) is 0 Å². The molecule has 13 heteroatoms. The van der Waals surface area contributed by atoms with Gasteiger partial charge in [-0.3, -0.25) is 4.79 Å². The van der Waals surface area contributed by atoms with Crippen molar-refractivity contribution in [3.05, 3.63) is 65.2 Å². The van der Waals surface area contributed by atoms with Gasteiger partial charge in [0.25, 0.3) is 0 Å². The van der Waals surface area contributed by atoms with Crippen LogP contribution in [-0.2, 0) is 27.1 Å². The Hall–Kier alpha value is -4.43. The topological polar surface area (TPSA) is 194 Å². The number of benzene rings is 3. The van der Waals surface area contributed by atoms with Crippen LogP contribution < -0.4 is 18.9 Å². The Morgan fingerprint density at radius 3 is 2.43 bits per heavy atom. The lowest BCUT2D eigenvalue weighted by molar-refractivity contribution is -0.155. The molecule has 13 nitrogen and oxygen atoms in total. The number of phenols is 3. The van der Waals surface area contributed by atoms with Crippen LogP contribution in [0.4, 0.5) is 0 Å². The van der Waals surface area contributed by atoms with Gasteiger partial charge in [0, 0.05) is 36.1 Å². The molecular formula is C31H34O13. The van der Waals surface area contributed by atoms with E-state index in [0.29, 0.717) is 29.0 Å². The smallest absolute Gasteiger partial charge is 0.306 e. The number of fused-ring (bicyclic) bond motifs is 1. The van der Waals surface area contributed by atoms with E-state index in [2.05, 4.69) is 0 Å². The third kappa shape index (κ3) is 6.26. The molecule has 0 aromatic heterocycles. The van der Waals surface area contributed by atoms with E-state index < -0.39 is 48.5 Å². The second kappa shape index (κ2) is 12.7. The highest BCUT2D eigenvalue weighted by Gasteiger charge is 2.49. The van der Waals surface area contributed by atoms with Gasteiger partial charge in [-0.2, -0.15) is 0 Å². The van der Waals surface area contributed by atoms with Crippen molar-refractivity contribution in [3.8, 4) is 40.2 Å². The van der Waals surface area contributed by atoms with E-state index in [1.54, 1.807) is 12.1 Å². The molecule has 3 aromatic rings. The van der Waals surface area contributed by atoms with Gasteiger partial charge < -0.3 is 59.1 Å². The average molecular weight is 615 g/mol. The van der Waals surface area contributed by atoms with Gasteiger partial charge in [-0.05, 0) is 36.2 Å². The Morgan fingerprint density at radius 2 is 1.75 bits per heavy atom. The first kappa shape index (κ1) is 31.0. The number of carbonyl (C=O) groups is 1. The molecule has 1 fully saturated rings. The summed E-state index contributed by atoms with van der Waals surface area (Å²) in [5, 5.41) is 60.7. The van der Waals surface area contributed by atoms with E-state index in [-0.39, 0.29) is 42.4 Å². The number of phenolic OH excluding ortho intramolecular Hbond substituents is 3. The lowest BCUT2D eigenvalue weighted by Gasteiger charge is -2.35. The van der Waals surface area contributed by atoms with Crippen LogP contribution in [0.3, 0.4) is 0 Å². The summed E-state index contributed by atoms with van der Waals surface area (Å²) >= 11 is 0. The Bertz CT molecular complexity index is 1510. The van der Waals surface area contributed by atoms with Gasteiger partial charge in [0.1, 0.15) is 35.1 Å². The molecule has 6 N–H and O–H groups in total. The first-order valence-corrected chi connectivity index (χ1v) is 13.8. The minimum absolute atomic E-state index is 0.00712. The number of aliphatic hydroxyl groups is 3. The molecule has 2 heterocycles. The Kier molecular flexibility index (Phi) is 8.92. The number of rotatable bonds is 10. The molecule has 0 amide bonds. The van der Waals surface area contributed by atoms with Crippen molar-refractivity contribution in [2.45, 2.75) is 49.5 Å². The summed E-state index contributed by atoms with van der Waals surface area (Å²) in [4.78, 5) is 13.1. The highest BCUT2D eigenvalue weighted by atomic mass is 16.7. The third-order valence-corrected chi connectivity index (χ3v) is 7.65. The summed E-state index contributed by atoms with van der Waals surface area (Å²) in [7, 11) is 3.04. The summed E-state index contributed by atoms with van der Waals surface area (Å²) in [6.07, 6.45) is -4.54. The van der Waals surface area contributed by atoms with Crippen LogP contribution in [0.2, 0.25) is 0 Å². The molecule has 5 atom stereocenters. The van der Waals surface area contributed by atoms with Crippen LogP contribution in [-0.4, -0.2) is 88.1 Å². The summed E-state index contributed by atoms with van der Waals surface area (Å²) in [5.41, 5.74) is -0.364. The zero-order valence-corrected chi connectivity index (χ0v) is 24.0. The number of methoxy groups -OCH3 is 2. The zero-order chi connectivity index (χ0) is 31.6. The summed E-state index contributed by atoms with van der Waals surface area (Å²) in [5.74, 6) is -0.275. The Balaban J connectivity index is 1.40. The Labute approximate surface area is 252 Å². The van der Waals surface area contributed by atoms with Crippen LogP contribution in [0.5, 0.6) is 40.2 Å². The molecule has 0 saturated carbocycles. The molecule has 2 aliphatic rings. The molecular weight excluding hydrogens is 580 g/mol. The van der Waals surface area contributed by atoms with E-state index in [1.807, 2.05) is 6.07 Å². The van der Waals surface area contributed by atoms with Crippen LogP contribution in [0.1, 0.15) is 29.2 Å². The zero-order valence-electron chi connectivity index (χ0n) is 24.0. The molecule has 5 rings (SSSR count). The third-order valence-electron chi connectivity index (χ3n) is 7.65. The number of aliphatic hydroxyl groups excluding tert-OH is 2. The first-order valence-electron chi connectivity index (χ1n) is 13.8. The van der Waals surface area contributed by atoms with Gasteiger partial charge in [-0.25, -0.2) is 0 Å². The van der Waals surface area contributed by atoms with Crippen molar-refractivity contribution in [1.82, 2.24) is 0 Å². The second-order valence-corrected chi connectivity index (χ2v) is 10.6. The standard InChI is InChI=1S/C31H34O13/c1-39-22-7-3-16(9-25(22)40-2)4-8-27(36)42-26-13-19-23(43-28(26)17-5-6-20(34)21(35)10-17)11-18(33)12-24(19)44-30-29(37)31(38,14-32)15-41-30/h3,5-7,9-12,26,28-30,32-35,37-38H,4,8,13-15H2,1-2H3/t26-,28+,29?,30?,31?/m0/s1.